The molecule has 3 aliphatic rings. The van der Waals surface area contributed by atoms with Gasteiger partial charge in [-0.05, 0) is 96.9 Å². The number of benzene rings is 2. The van der Waals surface area contributed by atoms with Crippen molar-refractivity contribution in [3.63, 3.8) is 0 Å². The van der Waals surface area contributed by atoms with Crippen molar-refractivity contribution in [2.24, 2.45) is 5.92 Å². The minimum atomic E-state index is -0.977. The molecule has 1 fully saturated rings. The van der Waals surface area contributed by atoms with E-state index in [0.29, 0.717) is 36.0 Å². The topological polar surface area (TPSA) is 87.4 Å². The lowest BCUT2D eigenvalue weighted by Gasteiger charge is -2.41. The number of methoxy groups -OCH3 is 1. The number of fused-ring (bicyclic) bond motifs is 8. The third-order valence-electron chi connectivity index (χ3n) is 9.49. The highest BCUT2D eigenvalue weighted by molar-refractivity contribution is 5.81. The summed E-state index contributed by atoms with van der Waals surface area (Å²) in [7, 11) is 1.40. The summed E-state index contributed by atoms with van der Waals surface area (Å²) in [4.78, 5) is 20.7. The van der Waals surface area contributed by atoms with Gasteiger partial charge < -0.3 is 23.8 Å². The summed E-state index contributed by atoms with van der Waals surface area (Å²) in [6.45, 7) is 17.2. The molecular formula is C39H50N4O5. The standard InChI is InChI=1S/C39H50N4O5/c1-25-14-15-32-30(21-25)28-12-9-13-29(22-28)31-23-33-40-27(3)34(35(37(44)45-8)48-38(4,5)6)36(43(33)41-31)42-18-16-39(7,17-19-42)47-20-10-11-26(2)24-46-32/h9,12-15,21-23,26,35H,10-11,16-20,24H2,1-8H3. The van der Waals surface area contributed by atoms with E-state index in [0.717, 1.165) is 72.7 Å². The molecule has 4 aromatic rings. The molecule has 2 aromatic carbocycles. The number of nitrogens with zero attached hydrogens (tertiary/aromatic N) is 4. The van der Waals surface area contributed by atoms with Crippen molar-refractivity contribution in [3.8, 4) is 28.1 Å². The quantitative estimate of drug-likeness (QED) is 0.206. The first kappa shape index (κ1) is 33.9. The fourth-order valence-electron chi connectivity index (χ4n) is 6.80. The molecule has 1 saturated heterocycles. The van der Waals surface area contributed by atoms with E-state index >= 15 is 0 Å². The number of piperidine rings is 1. The monoisotopic (exact) mass is 654 g/mol. The lowest BCUT2D eigenvalue weighted by atomic mass is 9.92. The van der Waals surface area contributed by atoms with Crippen LogP contribution in [-0.4, -0.2) is 65.2 Å². The second-order valence-corrected chi connectivity index (χ2v) is 14.8. The van der Waals surface area contributed by atoms with Gasteiger partial charge in [-0.25, -0.2) is 9.78 Å². The summed E-state index contributed by atoms with van der Waals surface area (Å²) in [6, 6.07) is 16.8. The van der Waals surface area contributed by atoms with Gasteiger partial charge in [0.1, 0.15) is 11.6 Å². The molecule has 3 aliphatic heterocycles. The summed E-state index contributed by atoms with van der Waals surface area (Å²) >= 11 is 0. The Morgan fingerprint density at radius 3 is 2.54 bits per heavy atom. The molecule has 9 heteroatoms. The molecule has 6 bridgehead atoms. The molecule has 0 saturated carbocycles. The van der Waals surface area contributed by atoms with Gasteiger partial charge in [-0.15, -0.1) is 0 Å². The van der Waals surface area contributed by atoms with Crippen LogP contribution >= 0.6 is 0 Å². The van der Waals surface area contributed by atoms with E-state index in [1.54, 1.807) is 0 Å². The highest BCUT2D eigenvalue weighted by Gasteiger charge is 2.38. The molecule has 2 unspecified atom stereocenters. The number of carbonyl (C=O) groups excluding carboxylic acids is 1. The summed E-state index contributed by atoms with van der Waals surface area (Å²) in [6.07, 6.45) is 2.70. The molecule has 0 amide bonds. The fourth-order valence-corrected chi connectivity index (χ4v) is 6.80. The molecule has 0 spiro atoms. The van der Waals surface area contributed by atoms with Gasteiger partial charge in [0, 0.05) is 42.6 Å². The fraction of sp³-hybridized carbons (Fsp3) is 0.513. The van der Waals surface area contributed by atoms with E-state index in [1.807, 2.05) is 38.3 Å². The molecule has 2 atom stereocenters. The summed E-state index contributed by atoms with van der Waals surface area (Å²) in [5.74, 6) is 1.61. The third kappa shape index (κ3) is 7.22. The van der Waals surface area contributed by atoms with Gasteiger partial charge in [0.25, 0.3) is 0 Å². The largest absolute Gasteiger partial charge is 0.493 e. The number of hydrogen-bond donors (Lipinski definition) is 0. The van der Waals surface area contributed by atoms with Crippen LogP contribution in [-0.2, 0) is 19.0 Å². The van der Waals surface area contributed by atoms with Gasteiger partial charge in [0.05, 0.1) is 36.2 Å². The van der Waals surface area contributed by atoms with Crippen LogP contribution in [0, 0.1) is 19.8 Å². The Bertz CT molecular complexity index is 1780. The van der Waals surface area contributed by atoms with Crippen LogP contribution in [0.3, 0.4) is 0 Å². The SMILES string of the molecule is COC(=O)C(OC(C)(C)C)c1c(C)nc2cc3nn2c1N1CCC(C)(CC1)OCCCC(C)COc1ccc(C)cc1-c1cccc-3c1. The predicted octanol–water partition coefficient (Wildman–Crippen LogP) is 7.89. The molecule has 2 aromatic heterocycles. The van der Waals surface area contributed by atoms with Crippen molar-refractivity contribution < 1.29 is 23.7 Å². The number of esters is 1. The Balaban J connectivity index is 1.53. The maximum atomic E-state index is 13.4. The van der Waals surface area contributed by atoms with Gasteiger partial charge in [0.15, 0.2) is 11.8 Å². The molecule has 9 nitrogen and oxygen atoms in total. The normalized spacial score (nSPS) is 21.1. The molecule has 0 N–H and O–H groups in total. The average molecular weight is 655 g/mol. The van der Waals surface area contributed by atoms with Crippen molar-refractivity contribution in [1.82, 2.24) is 14.6 Å². The molecular weight excluding hydrogens is 604 g/mol. The van der Waals surface area contributed by atoms with Crippen LogP contribution in [0.15, 0.2) is 48.5 Å². The van der Waals surface area contributed by atoms with Crippen LogP contribution in [0.2, 0.25) is 0 Å². The predicted molar refractivity (Wildman–Crippen MR) is 189 cm³/mol. The number of aryl methyl sites for hydroxylation is 2. The van der Waals surface area contributed by atoms with Crippen LogP contribution in [0.25, 0.3) is 28.0 Å². The summed E-state index contributed by atoms with van der Waals surface area (Å²) in [5, 5.41) is 5.18. The molecule has 48 heavy (non-hydrogen) atoms. The van der Waals surface area contributed by atoms with Crippen LogP contribution in [0.1, 0.15) is 83.2 Å². The summed E-state index contributed by atoms with van der Waals surface area (Å²) in [5.41, 5.74) is 6.27. The van der Waals surface area contributed by atoms with Crippen molar-refractivity contribution in [3.05, 3.63) is 65.4 Å². The van der Waals surface area contributed by atoms with Gasteiger partial charge in [-0.2, -0.15) is 9.61 Å². The zero-order valence-corrected chi connectivity index (χ0v) is 29.8. The van der Waals surface area contributed by atoms with Crippen LogP contribution in [0.4, 0.5) is 5.82 Å². The van der Waals surface area contributed by atoms with Crippen molar-refractivity contribution in [2.45, 2.75) is 91.5 Å². The molecule has 256 valence electrons. The highest BCUT2D eigenvalue weighted by atomic mass is 16.6. The van der Waals surface area contributed by atoms with E-state index in [1.165, 1.54) is 12.7 Å². The first-order valence-corrected chi connectivity index (χ1v) is 17.2. The van der Waals surface area contributed by atoms with Crippen molar-refractivity contribution >= 4 is 17.4 Å². The van der Waals surface area contributed by atoms with E-state index < -0.39 is 17.7 Å². The zero-order chi connectivity index (χ0) is 34.2. The Kier molecular flexibility index (Phi) is 9.55. The Morgan fingerprint density at radius 2 is 1.81 bits per heavy atom. The van der Waals surface area contributed by atoms with Gasteiger partial charge in [-0.1, -0.05) is 36.8 Å². The van der Waals surface area contributed by atoms with Gasteiger partial charge >= 0.3 is 5.97 Å². The second kappa shape index (κ2) is 13.5. The maximum Gasteiger partial charge on any atom is 0.339 e. The third-order valence-corrected chi connectivity index (χ3v) is 9.49. The number of aromatic nitrogens is 3. The lowest BCUT2D eigenvalue weighted by molar-refractivity contribution is -0.164. The maximum absolute atomic E-state index is 13.4. The Morgan fingerprint density at radius 1 is 1.06 bits per heavy atom. The van der Waals surface area contributed by atoms with Crippen LogP contribution < -0.4 is 9.64 Å². The van der Waals surface area contributed by atoms with E-state index in [9.17, 15) is 4.79 Å². The molecule has 5 heterocycles. The molecule has 0 aliphatic carbocycles. The van der Waals surface area contributed by atoms with Crippen LogP contribution in [0.5, 0.6) is 5.75 Å². The molecule has 7 rings (SSSR count). The Labute approximate surface area is 284 Å². The second-order valence-electron chi connectivity index (χ2n) is 14.8. The van der Waals surface area contributed by atoms with Gasteiger partial charge in [0.2, 0.25) is 0 Å². The first-order chi connectivity index (χ1) is 22.8. The van der Waals surface area contributed by atoms with E-state index in [-0.39, 0.29) is 5.60 Å². The van der Waals surface area contributed by atoms with Gasteiger partial charge in [-0.3, -0.25) is 0 Å². The minimum absolute atomic E-state index is 0.241. The van der Waals surface area contributed by atoms with Crippen molar-refractivity contribution in [2.75, 3.05) is 38.3 Å². The highest BCUT2D eigenvalue weighted by Crippen LogP contribution is 2.40. The number of carbonyl (C=O) groups is 1. The number of rotatable bonds is 3. The van der Waals surface area contributed by atoms with E-state index in [2.05, 4.69) is 68.1 Å². The first-order valence-electron chi connectivity index (χ1n) is 17.2. The smallest absolute Gasteiger partial charge is 0.339 e. The zero-order valence-electron chi connectivity index (χ0n) is 29.8. The lowest BCUT2D eigenvalue weighted by Crippen LogP contribution is -2.46. The number of ether oxygens (including phenoxy) is 4. The van der Waals surface area contributed by atoms with Crippen molar-refractivity contribution in [1.29, 1.82) is 0 Å². The Hall–Kier alpha value is -3.95. The minimum Gasteiger partial charge on any atom is -0.493 e. The van der Waals surface area contributed by atoms with E-state index in [4.69, 9.17) is 29.0 Å². The number of anilines is 1. The number of hydrogen-bond acceptors (Lipinski definition) is 8. The molecule has 0 radical (unpaired) electrons. The average Bonchev–Trinajstić information content (AvgIpc) is 3.47. The summed E-state index contributed by atoms with van der Waals surface area (Å²) < 4.78 is 26.6.